The van der Waals surface area contributed by atoms with Gasteiger partial charge in [-0.25, -0.2) is 4.79 Å². The number of hydrogen-bond acceptors (Lipinski definition) is 4. The number of rotatable bonds is 12. The number of aryl methyl sites for hydroxylation is 2. The molecule has 0 aromatic heterocycles. The van der Waals surface area contributed by atoms with Gasteiger partial charge in [0.05, 0.1) is 0 Å². The molecule has 0 radical (unpaired) electrons. The Balaban J connectivity index is 3.44. The summed E-state index contributed by atoms with van der Waals surface area (Å²) >= 11 is 0. The molecule has 7 heteroatoms. The number of unbranched alkanes of at least 4 members (excludes halogenated alkanes) is 2. The number of nitrogens with zero attached hydrogens (tertiary/aromatic N) is 1. The topological polar surface area (TPSA) is 87.7 Å². The van der Waals surface area contributed by atoms with Crippen molar-refractivity contribution >= 4 is 17.9 Å². The van der Waals surface area contributed by atoms with Crippen LogP contribution in [0, 0.1) is 19.8 Å². The van der Waals surface area contributed by atoms with E-state index < -0.39 is 23.8 Å². The predicted molar refractivity (Wildman–Crippen MR) is 141 cm³/mol. The zero-order valence-electron chi connectivity index (χ0n) is 22.9. The molecule has 0 bridgehead atoms. The SMILES string of the molecule is C=CCN(C(=O)C(NC(=O)OC(C)(C)C)C(C)C)C(C(=O)NCCCCC)c1c(C)cccc1C. The third-order valence-corrected chi connectivity index (χ3v) is 5.67. The first-order chi connectivity index (χ1) is 16.3. The summed E-state index contributed by atoms with van der Waals surface area (Å²) in [5.74, 6) is -0.829. The van der Waals surface area contributed by atoms with Gasteiger partial charge >= 0.3 is 6.09 Å². The van der Waals surface area contributed by atoms with Crippen LogP contribution in [0.1, 0.15) is 83.5 Å². The van der Waals surface area contributed by atoms with Crippen LogP contribution >= 0.6 is 0 Å². The zero-order valence-corrected chi connectivity index (χ0v) is 22.9. The maximum Gasteiger partial charge on any atom is 0.408 e. The van der Waals surface area contributed by atoms with E-state index in [9.17, 15) is 14.4 Å². The van der Waals surface area contributed by atoms with Crippen molar-refractivity contribution in [3.63, 3.8) is 0 Å². The molecule has 7 nitrogen and oxygen atoms in total. The number of amides is 3. The van der Waals surface area contributed by atoms with Crippen molar-refractivity contribution in [1.82, 2.24) is 15.5 Å². The van der Waals surface area contributed by atoms with E-state index in [1.807, 2.05) is 45.9 Å². The van der Waals surface area contributed by atoms with Crippen LogP contribution in [-0.2, 0) is 14.3 Å². The highest BCUT2D eigenvalue weighted by molar-refractivity contribution is 5.92. The van der Waals surface area contributed by atoms with Gasteiger partial charge < -0.3 is 20.3 Å². The smallest absolute Gasteiger partial charge is 0.408 e. The number of nitrogens with one attached hydrogen (secondary N) is 2. The average molecular weight is 488 g/mol. The molecular weight excluding hydrogens is 442 g/mol. The summed E-state index contributed by atoms with van der Waals surface area (Å²) in [6.07, 6.45) is 3.86. The third kappa shape index (κ3) is 9.38. The molecular formula is C28H45N3O4. The molecule has 0 aliphatic rings. The lowest BCUT2D eigenvalue weighted by molar-refractivity contribution is -0.142. The standard InChI is InChI=1S/C28H45N3O4/c1-10-12-13-17-29-25(32)24(22-20(5)15-14-16-21(22)6)31(18-11-2)26(33)23(19(3)4)30-27(34)35-28(7,8)9/h11,14-16,19,23-24H,2,10,12-13,17-18H2,1,3-9H3,(H,29,32)(H,30,34). The summed E-state index contributed by atoms with van der Waals surface area (Å²) < 4.78 is 5.39. The Hall–Kier alpha value is -2.83. The van der Waals surface area contributed by atoms with Crippen LogP contribution in [0.15, 0.2) is 30.9 Å². The highest BCUT2D eigenvalue weighted by Gasteiger charge is 2.38. The van der Waals surface area contributed by atoms with Crippen LogP contribution in [0.2, 0.25) is 0 Å². The lowest BCUT2D eigenvalue weighted by atomic mass is 9.92. The van der Waals surface area contributed by atoms with Crippen molar-refractivity contribution in [2.45, 2.75) is 92.3 Å². The van der Waals surface area contributed by atoms with Crippen molar-refractivity contribution in [2.24, 2.45) is 5.92 Å². The second kappa shape index (κ2) is 13.9. The van der Waals surface area contributed by atoms with Gasteiger partial charge in [0, 0.05) is 13.1 Å². The van der Waals surface area contributed by atoms with Gasteiger partial charge in [-0.05, 0) is 63.6 Å². The first-order valence-corrected chi connectivity index (χ1v) is 12.6. The van der Waals surface area contributed by atoms with Crippen LogP contribution in [0.3, 0.4) is 0 Å². The van der Waals surface area contributed by atoms with Crippen molar-refractivity contribution in [2.75, 3.05) is 13.1 Å². The van der Waals surface area contributed by atoms with Gasteiger partial charge in [0.15, 0.2) is 0 Å². The molecule has 2 atom stereocenters. The fourth-order valence-electron chi connectivity index (χ4n) is 3.96. The molecule has 3 amide bonds. The number of carbonyl (C=O) groups excluding carboxylic acids is 3. The van der Waals surface area contributed by atoms with Crippen molar-refractivity contribution < 1.29 is 19.1 Å². The zero-order chi connectivity index (χ0) is 26.8. The van der Waals surface area contributed by atoms with Crippen LogP contribution < -0.4 is 10.6 Å². The number of benzene rings is 1. The molecule has 0 saturated carbocycles. The minimum absolute atomic E-state index is 0.152. The second-order valence-corrected chi connectivity index (χ2v) is 10.4. The molecule has 1 rings (SSSR count). The summed E-state index contributed by atoms with van der Waals surface area (Å²) in [7, 11) is 0. The van der Waals surface area contributed by atoms with Crippen molar-refractivity contribution in [3.05, 3.63) is 47.5 Å². The third-order valence-electron chi connectivity index (χ3n) is 5.67. The number of alkyl carbamates (subject to hydrolysis) is 1. The first-order valence-electron chi connectivity index (χ1n) is 12.6. The molecule has 196 valence electrons. The molecule has 1 aromatic rings. The Morgan fingerprint density at radius 1 is 1.11 bits per heavy atom. The minimum atomic E-state index is -0.871. The summed E-state index contributed by atoms with van der Waals surface area (Å²) in [6.45, 7) is 19.5. The Morgan fingerprint density at radius 2 is 1.71 bits per heavy atom. The van der Waals surface area contributed by atoms with Crippen LogP contribution in [-0.4, -0.2) is 47.5 Å². The first kappa shape index (κ1) is 30.2. The predicted octanol–water partition coefficient (Wildman–Crippen LogP) is 5.21. The quantitative estimate of drug-likeness (QED) is 0.313. The Bertz CT molecular complexity index is 853. The normalized spacial score (nSPS) is 13.1. The maximum atomic E-state index is 13.9. The Morgan fingerprint density at radius 3 is 2.20 bits per heavy atom. The summed E-state index contributed by atoms with van der Waals surface area (Å²) in [6, 6.07) is 4.09. The number of ether oxygens (including phenoxy) is 1. The molecule has 2 unspecified atom stereocenters. The highest BCUT2D eigenvalue weighted by atomic mass is 16.6. The van der Waals surface area contributed by atoms with Crippen molar-refractivity contribution in [3.8, 4) is 0 Å². The van der Waals surface area contributed by atoms with Crippen LogP contribution in [0.25, 0.3) is 0 Å². The summed E-state index contributed by atoms with van der Waals surface area (Å²) in [5.41, 5.74) is 1.92. The molecule has 2 N–H and O–H groups in total. The average Bonchev–Trinajstić information content (AvgIpc) is 2.74. The van der Waals surface area contributed by atoms with E-state index in [4.69, 9.17) is 4.74 Å². The molecule has 0 heterocycles. The van der Waals surface area contributed by atoms with Gasteiger partial charge in [-0.2, -0.15) is 0 Å². The second-order valence-electron chi connectivity index (χ2n) is 10.4. The molecule has 0 spiro atoms. The summed E-state index contributed by atoms with van der Waals surface area (Å²) in [5, 5.41) is 5.75. The number of carbonyl (C=O) groups is 3. The molecule has 0 aliphatic carbocycles. The van der Waals surface area contributed by atoms with Gasteiger partial charge in [0.2, 0.25) is 11.8 Å². The molecule has 35 heavy (non-hydrogen) atoms. The largest absolute Gasteiger partial charge is 0.444 e. The molecule has 0 fully saturated rings. The van der Waals surface area contributed by atoms with Gasteiger partial charge in [0.1, 0.15) is 17.7 Å². The lowest BCUT2D eigenvalue weighted by Crippen LogP contribution is -2.55. The summed E-state index contributed by atoms with van der Waals surface area (Å²) in [4.78, 5) is 41.6. The van der Waals surface area contributed by atoms with Gasteiger partial charge in [0.25, 0.3) is 0 Å². The van der Waals surface area contributed by atoms with E-state index in [-0.39, 0.29) is 24.3 Å². The van der Waals surface area contributed by atoms with E-state index in [0.717, 1.165) is 36.0 Å². The van der Waals surface area contributed by atoms with Gasteiger partial charge in [-0.3, -0.25) is 9.59 Å². The van der Waals surface area contributed by atoms with Gasteiger partial charge in [-0.1, -0.05) is 57.9 Å². The van der Waals surface area contributed by atoms with Crippen molar-refractivity contribution in [1.29, 1.82) is 0 Å². The highest BCUT2D eigenvalue weighted by Crippen LogP contribution is 2.29. The van der Waals surface area contributed by atoms with E-state index >= 15 is 0 Å². The van der Waals surface area contributed by atoms with E-state index in [1.54, 1.807) is 26.8 Å². The molecule has 0 saturated heterocycles. The van der Waals surface area contributed by atoms with Crippen LogP contribution in [0.5, 0.6) is 0 Å². The van der Waals surface area contributed by atoms with E-state index in [2.05, 4.69) is 24.1 Å². The fourth-order valence-corrected chi connectivity index (χ4v) is 3.96. The monoisotopic (exact) mass is 487 g/mol. The van der Waals surface area contributed by atoms with Gasteiger partial charge in [-0.15, -0.1) is 6.58 Å². The van der Waals surface area contributed by atoms with Crippen LogP contribution in [0.4, 0.5) is 4.79 Å². The lowest BCUT2D eigenvalue weighted by Gasteiger charge is -2.36. The van der Waals surface area contributed by atoms with E-state index in [1.165, 1.54) is 4.90 Å². The molecule has 0 aliphatic heterocycles. The minimum Gasteiger partial charge on any atom is -0.444 e. The maximum absolute atomic E-state index is 13.9. The molecule has 1 aromatic carbocycles. The fraction of sp³-hybridized carbons (Fsp3) is 0.607. The Labute approximate surface area is 211 Å². The Kier molecular flexibility index (Phi) is 12.0. The number of hydrogen-bond donors (Lipinski definition) is 2. The van der Waals surface area contributed by atoms with E-state index in [0.29, 0.717) is 6.54 Å².